The van der Waals surface area contributed by atoms with E-state index in [0.717, 1.165) is 65.4 Å². The number of aliphatic hydroxyl groups is 1. The van der Waals surface area contributed by atoms with E-state index in [1.807, 2.05) is 41.0 Å². The molecule has 1 unspecified atom stereocenters. The molecule has 4 aromatic rings. The summed E-state index contributed by atoms with van der Waals surface area (Å²) in [5, 5.41) is 11.4. The van der Waals surface area contributed by atoms with Crippen LogP contribution in [0.25, 0.3) is 10.9 Å². The van der Waals surface area contributed by atoms with Crippen molar-refractivity contribution in [1.29, 1.82) is 0 Å². The average Bonchev–Trinajstić information content (AvgIpc) is 3.26. The first kappa shape index (κ1) is 25.9. The molecule has 7 nitrogen and oxygen atoms in total. The Morgan fingerprint density at radius 1 is 0.895 bits per heavy atom. The number of ether oxygens (including phenoxy) is 4. The second-order valence-electron chi connectivity index (χ2n) is 9.66. The van der Waals surface area contributed by atoms with Crippen LogP contribution in [0.15, 0.2) is 54.6 Å². The Hall–Kier alpha value is -3.68. The number of nitrogens with zero attached hydrogens (tertiary/aromatic N) is 2. The third kappa shape index (κ3) is 4.36. The van der Waals surface area contributed by atoms with Gasteiger partial charge in [-0.15, -0.1) is 0 Å². The van der Waals surface area contributed by atoms with Gasteiger partial charge < -0.3 is 28.6 Å². The summed E-state index contributed by atoms with van der Waals surface area (Å²) in [5.74, 6) is 3.17. The molecule has 0 saturated heterocycles. The molecule has 200 valence electrons. The highest BCUT2D eigenvalue weighted by molar-refractivity contribution is 5.87. The summed E-state index contributed by atoms with van der Waals surface area (Å²) in [7, 11) is 5.05. The summed E-state index contributed by atoms with van der Waals surface area (Å²) >= 11 is 0. The maximum absolute atomic E-state index is 10.2. The van der Waals surface area contributed by atoms with Crippen molar-refractivity contribution in [2.45, 2.75) is 46.2 Å². The van der Waals surface area contributed by atoms with Crippen LogP contribution in [0.1, 0.15) is 41.4 Å². The minimum atomic E-state index is -0.0339. The van der Waals surface area contributed by atoms with E-state index in [0.29, 0.717) is 6.61 Å². The van der Waals surface area contributed by atoms with Crippen LogP contribution in [-0.2, 0) is 32.7 Å². The lowest BCUT2D eigenvalue weighted by Gasteiger charge is -2.41. The maximum Gasteiger partial charge on any atom is 0.162 e. The van der Waals surface area contributed by atoms with Gasteiger partial charge in [-0.1, -0.05) is 19.6 Å². The van der Waals surface area contributed by atoms with Gasteiger partial charge in [-0.05, 0) is 77.6 Å². The highest BCUT2D eigenvalue weighted by Gasteiger charge is 2.36. The zero-order chi connectivity index (χ0) is 25.5. The molecule has 0 fully saturated rings. The normalized spacial score (nSPS) is 16.2. The van der Waals surface area contributed by atoms with Crippen LogP contribution >= 0.6 is 0 Å². The quantitative estimate of drug-likeness (QED) is 0.351. The first-order valence-electron chi connectivity index (χ1n) is 12.6. The van der Waals surface area contributed by atoms with E-state index in [9.17, 15) is 5.11 Å². The van der Waals surface area contributed by atoms with Crippen molar-refractivity contribution < 1.29 is 24.1 Å². The predicted octanol–water partition coefficient (Wildman–Crippen LogP) is 5.49. The summed E-state index contributed by atoms with van der Waals surface area (Å²) < 4.78 is 24.8. The van der Waals surface area contributed by atoms with E-state index in [4.69, 9.17) is 18.9 Å². The molecule has 1 atom stereocenters. The van der Waals surface area contributed by atoms with Gasteiger partial charge in [0, 0.05) is 30.2 Å². The fourth-order valence-electron chi connectivity index (χ4n) is 5.88. The van der Waals surface area contributed by atoms with E-state index in [1.54, 1.807) is 21.3 Å². The van der Waals surface area contributed by atoms with Crippen LogP contribution < -0.4 is 18.9 Å². The van der Waals surface area contributed by atoms with Crippen LogP contribution in [0.2, 0.25) is 0 Å². The van der Waals surface area contributed by atoms with Crippen molar-refractivity contribution >= 4 is 10.9 Å². The van der Waals surface area contributed by atoms with E-state index >= 15 is 0 Å². The molecular weight excluding hydrogens is 480 g/mol. The van der Waals surface area contributed by atoms with Crippen LogP contribution in [-0.4, -0.2) is 42.4 Å². The lowest BCUT2D eigenvalue weighted by molar-refractivity contribution is 0.145. The lowest BCUT2D eigenvalue weighted by Crippen LogP contribution is -2.39. The van der Waals surface area contributed by atoms with Crippen LogP contribution in [0.5, 0.6) is 23.0 Å². The van der Waals surface area contributed by atoms with Crippen molar-refractivity contribution in [3.8, 4) is 23.0 Å². The van der Waals surface area contributed by atoms with Crippen LogP contribution in [0.3, 0.4) is 0 Å². The summed E-state index contributed by atoms with van der Waals surface area (Å²) in [6.07, 6.45) is 1.81. The minimum Gasteiger partial charge on any atom is -0.497 e. The second-order valence-corrected chi connectivity index (χ2v) is 9.66. The molecule has 38 heavy (non-hydrogen) atoms. The third-order valence-corrected chi connectivity index (χ3v) is 7.83. The molecule has 3 heterocycles. The van der Waals surface area contributed by atoms with Gasteiger partial charge in [-0.25, -0.2) is 0 Å². The Balaban J connectivity index is 0.00000294. The molecule has 0 spiro atoms. The van der Waals surface area contributed by atoms with Crippen molar-refractivity contribution in [2.24, 2.45) is 0 Å². The molecule has 3 aromatic carbocycles. The second kappa shape index (κ2) is 10.6. The molecule has 1 N–H and O–H groups in total. The van der Waals surface area contributed by atoms with Crippen molar-refractivity contribution in [2.75, 3.05) is 27.9 Å². The highest BCUT2D eigenvalue weighted by Crippen LogP contribution is 2.45. The highest BCUT2D eigenvalue weighted by atomic mass is 16.5. The first-order valence-corrected chi connectivity index (χ1v) is 12.6. The number of aromatic nitrogens is 1. The Morgan fingerprint density at radius 2 is 1.66 bits per heavy atom. The van der Waals surface area contributed by atoms with E-state index in [2.05, 4.69) is 23.1 Å². The zero-order valence-electron chi connectivity index (χ0n) is 21.5. The molecule has 0 aliphatic carbocycles. The maximum atomic E-state index is 10.2. The number of hydrogen-bond acceptors (Lipinski definition) is 6. The Kier molecular flexibility index (Phi) is 7.23. The fraction of sp³-hybridized carbons (Fsp3) is 0.355. The topological polar surface area (TPSA) is 65.3 Å². The lowest BCUT2D eigenvalue weighted by atomic mass is 9.85. The summed E-state index contributed by atoms with van der Waals surface area (Å²) in [6.45, 7) is 2.17. The van der Waals surface area contributed by atoms with Gasteiger partial charge in [0.25, 0.3) is 0 Å². The van der Waals surface area contributed by atoms with Gasteiger partial charge in [-0.3, -0.25) is 4.90 Å². The number of hydrogen-bond donors (Lipinski definition) is 1. The van der Waals surface area contributed by atoms with Gasteiger partial charge in [0.15, 0.2) is 11.5 Å². The number of aliphatic hydroxyl groups excluding tert-OH is 1. The summed E-state index contributed by atoms with van der Waals surface area (Å²) in [4.78, 5) is 2.52. The molecule has 0 bridgehead atoms. The van der Waals surface area contributed by atoms with Crippen LogP contribution in [0.4, 0.5) is 0 Å². The third-order valence-electron chi connectivity index (χ3n) is 7.83. The van der Waals surface area contributed by atoms with Crippen molar-refractivity contribution in [3.05, 3.63) is 82.5 Å². The van der Waals surface area contributed by atoms with E-state index in [1.165, 1.54) is 22.4 Å². The number of rotatable bonds is 7. The summed E-state index contributed by atoms with van der Waals surface area (Å²) in [5.41, 5.74) is 7.18. The monoisotopic (exact) mass is 516 g/mol. The first-order chi connectivity index (χ1) is 18.1. The van der Waals surface area contributed by atoms with Crippen molar-refractivity contribution in [3.63, 3.8) is 0 Å². The Morgan fingerprint density at radius 3 is 2.37 bits per heavy atom. The van der Waals surface area contributed by atoms with E-state index < -0.39 is 0 Å². The molecule has 2 aliphatic rings. The molecule has 0 amide bonds. The SMILES string of the molecule is C.COc1ccc(COc2cc3c(cc2OC)CCN2Cc4c(c5cc(OC)ccc5n4CO)CC32)cc1. The molecule has 0 radical (unpaired) electrons. The zero-order valence-corrected chi connectivity index (χ0v) is 21.5. The average molecular weight is 517 g/mol. The number of methoxy groups -OCH3 is 3. The van der Waals surface area contributed by atoms with Crippen LogP contribution in [0, 0.1) is 0 Å². The Bertz CT molecular complexity index is 1440. The predicted molar refractivity (Wildman–Crippen MR) is 148 cm³/mol. The largest absolute Gasteiger partial charge is 0.497 e. The summed E-state index contributed by atoms with van der Waals surface area (Å²) in [6, 6.07) is 18.6. The number of fused-ring (bicyclic) bond motifs is 6. The Labute approximate surface area is 224 Å². The standard InChI is InChI=1S/C30H32N2O5.CH4/c1-34-21-6-4-19(5-7-21)17-37-30-15-23-20(12-29(30)36-3)10-11-31-16-28-25(14-27(23)31)24-13-22(35-2)8-9-26(24)32(28)18-33;/h4-9,12-13,15,27,33H,10-11,14,16-18H2,1-3H3;1H4. The van der Waals surface area contributed by atoms with Gasteiger partial charge in [0.05, 0.1) is 26.8 Å². The van der Waals surface area contributed by atoms with Gasteiger partial charge in [0.2, 0.25) is 0 Å². The van der Waals surface area contributed by atoms with Crippen molar-refractivity contribution in [1.82, 2.24) is 9.47 Å². The molecule has 6 rings (SSSR count). The molecule has 2 aliphatic heterocycles. The molecule has 1 aromatic heterocycles. The van der Waals surface area contributed by atoms with Gasteiger partial charge in [0.1, 0.15) is 24.8 Å². The molecular formula is C31H36N2O5. The molecule has 0 saturated carbocycles. The smallest absolute Gasteiger partial charge is 0.162 e. The fourth-order valence-corrected chi connectivity index (χ4v) is 5.88. The van der Waals surface area contributed by atoms with E-state index in [-0.39, 0.29) is 20.2 Å². The van der Waals surface area contributed by atoms with Gasteiger partial charge in [-0.2, -0.15) is 0 Å². The molecule has 7 heteroatoms. The number of benzene rings is 3. The minimum absolute atomic E-state index is 0. The van der Waals surface area contributed by atoms with Gasteiger partial charge >= 0.3 is 0 Å².